The predicted octanol–water partition coefficient (Wildman–Crippen LogP) is 2.04. The number of aromatic nitrogens is 4. The van der Waals surface area contributed by atoms with Gasteiger partial charge < -0.3 is 10.1 Å². The second-order valence-corrected chi connectivity index (χ2v) is 5.60. The summed E-state index contributed by atoms with van der Waals surface area (Å²) in [7, 11) is 1.24. The van der Waals surface area contributed by atoms with Crippen molar-refractivity contribution in [3.8, 4) is 28.5 Å². The molecule has 0 saturated heterocycles. The predicted molar refractivity (Wildman–Crippen MR) is 87.5 cm³/mol. The molecule has 7 nitrogen and oxygen atoms in total. The van der Waals surface area contributed by atoms with Crippen LogP contribution in [0, 0.1) is 11.6 Å². The number of carbonyl (C=O) groups is 1. The molecule has 26 heavy (non-hydrogen) atoms. The lowest BCUT2D eigenvalue weighted by atomic mass is 10.1. The van der Waals surface area contributed by atoms with Gasteiger partial charge in [-0.25, -0.2) is 14.4 Å². The van der Waals surface area contributed by atoms with Crippen LogP contribution in [0.4, 0.5) is 8.78 Å². The average molecular weight is 357 g/mol. The van der Waals surface area contributed by atoms with Gasteiger partial charge in [0.2, 0.25) is 5.82 Å². The van der Waals surface area contributed by atoms with Crippen molar-refractivity contribution in [2.24, 2.45) is 0 Å². The van der Waals surface area contributed by atoms with E-state index in [4.69, 9.17) is 4.74 Å². The Morgan fingerprint density at radius 3 is 2.85 bits per heavy atom. The number of nitrogens with one attached hydrogen (secondary N) is 1. The van der Waals surface area contributed by atoms with Gasteiger partial charge in [-0.1, -0.05) is 0 Å². The van der Waals surface area contributed by atoms with Gasteiger partial charge in [-0.15, -0.1) is 0 Å². The van der Waals surface area contributed by atoms with Crippen LogP contribution in [0.5, 0.6) is 5.75 Å². The van der Waals surface area contributed by atoms with E-state index in [9.17, 15) is 13.6 Å². The molecule has 0 atom stereocenters. The number of halogens is 2. The maximum atomic E-state index is 14.0. The van der Waals surface area contributed by atoms with Crippen LogP contribution in [0.3, 0.4) is 0 Å². The molecule has 1 N–H and O–H groups in total. The Balaban J connectivity index is 1.79. The molecule has 1 aromatic carbocycles. The maximum absolute atomic E-state index is 14.0. The van der Waals surface area contributed by atoms with Gasteiger partial charge in [0.1, 0.15) is 11.4 Å². The van der Waals surface area contributed by atoms with E-state index in [2.05, 4.69) is 20.4 Å². The smallest absolute Gasteiger partial charge is 0.269 e. The molecule has 0 fully saturated rings. The van der Waals surface area contributed by atoms with Gasteiger partial charge in [-0.05, 0) is 24.3 Å². The topological polar surface area (TPSA) is 81.9 Å². The second kappa shape index (κ2) is 6.17. The van der Waals surface area contributed by atoms with Crippen LogP contribution in [0.1, 0.15) is 10.5 Å². The molecule has 0 spiro atoms. The van der Waals surface area contributed by atoms with Crippen molar-refractivity contribution in [1.82, 2.24) is 25.1 Å². The van der Waals surface area contributed by atoms with E-state index >= 15 is 0 Å². The van der Waals surface area contributed by atoms with E-state index in [0.29, 0.717) is 30.2 Å². The van der Waals surface area contributed by atoms with Crippen LogP contribution in [-0.2, 0) is 6.54 Å². The summed E-state index contributed by atoms with van der Waals surface area (Å²) in [6.45, 7) is 1.07. The monoisotopic (exact) mass is 357 g/mol. The molecule has 0 bridgehead atoms. The zero-order valence-electron chi connectivity index (χ0n) is 13.7. The Labute approximate surface area is 146 Å². The average Bonchev–Trinajstić information content (AvgIpc) is 3.10. The van der Waals surface area contributed by atoms with E-state index < -0.39 is 11.6 Å². The number of methoxy groups -OCH3 is 1. The lowest BCUT2D eigenvalue weighted by Crippen LogP contribution is -2.35. The molecule has 9 heteroatoms. The van der Waals surface area contributed by atoms with Gasteiger partial charge in [0.05, 0.1) is 24.9 Å². The van der Waals surface area contributed by atoms with Crippen molar-refractivity contribution in [2.45, 2.75) is 6.54 Å². The molecule has 0 unspecified atom stereocenters. The number of ether oxygens (including phenoxy) is 1. The molecule has 4 rings (SSSR count). The van der Waals surface area contributed by atoms with Crippen LogP contribution in [0.2, 0.25) is 0 Å². The quantitative estimate of drug-likeness (QED) is 0.776. The van der Waals surface area contributed by atoms with E-state index in [-0.39, 0.29) is 23.0 Å². The molecule has 0 radical (unpaired) electrons. The van der Waals surface area contributed by atoms with Crippen molar-refractivity contribution >= 4 is 5.91 Å². The SMILES string of the molecule is COc1c(-c2nccc(-c3cc4n(n3)CCNC4=O)n2)ccc(F)c1F. The molecular weight excluding hydrogens is 344 g/mol. The molecule has 3 aromatic rings. The summed E-state index contributed by atoms with van der Waals surface area (Å²) < 4.78 is 34.0. The third-order valence-corrected chi connectivity index (χ3v) is 4.03. The summed E-state index contributed by atoms with van der Waals surface area (Å²) in [5, 5.41) is 7.12. The van der Waals surface area contributed by atoms with Crippen molar-refractivity contribution < 1.29 is 18.3 Å². The van der Waals surface area contributed by atoms with Gasteiger partial charge >= 0.3 is 0 Å². The van der Waals surface area contributed by atoms with Gasteiger partial charge in [-0.2, -0.15) is 9.49 Å². The lowest BCUT2D eigenvalue weighted by Gasteiger charge is -2.13. The number of hydrogen-bond donors (Lipinski definition) is 1. The van der Waals surface area contributed by atoms with Gasteiger partial charge in [0.25, 0.3) is 5.91 Å². The molecule has 1 amide bonds. The highest BCUT2D eigenvalue weighted by atomic mass is 19.2. The number of hydrogen-bond acceptors (Lipinski definition) is 5. The summed E-state index contributed by atoms with van der Waals surface area (Å²) in [4.78, 5) is 20.4. The summed E-state index contributed by atoms with van der Waals surface area (Å²) >= 11 is 0. The van der Waals surface area contributed by atoms with Gasteiger partial charge in [0, 0.05) is 12.7 Å². The molecule has 3 heterocycles. The first-order valence-electron chi connectivity index (χ1n) is 7.80. The molecule has 2 aromatic heterocycles. The Bertz CT molecular complexity index is 1020. The molecule has 0 aliphatic carbocycles. The summed E-state index contributed by atoms with van der Waals surface area (Å²) in [6, 6.07) is 5.59. The highest BCUT2D eigenvalue weighted by Gasteiger charge is 2.22. The maximum Gasteiger partial charge on any atom is 0.269 e. The molecule has 0 saturated carbocycles. The minimum Gasteiger partial charge on any atom is -0.493 e. The van der Waals surface area contributed by atoms with Crippen LogP contribution in [0.15, 0.2) is 30.5 Å². The number of fused-ring (bicyclic) bond motifs is 1. The standard InChI is InChI=1S/C17H13F2N5O2/c1-26-15-9(2-3-10(18)14(15)19)16-20-5-4-11(22-16)12-8-13-17(25)21-6-7-24(13)23-12/h2-5,8H,6-7H2,1H3,(H,21,25). The largest absolute Gasteiger partial charge is 0.493 e. The molecule has 1 aliphatic rings. The van der Waals surface area contributed by atoms with Crippen molar-refractivity contribution in [3.05, 3.63) is 47.8 Å². The van der Waals surface area contributed by atoms with E-state index in [1.807, 2.05) is 0 Å². The van der Waals surface area contributed by atoms with E-state index in [1.165, 1.54) is 19.4 Å². The third-order valence-electron chi connectivity index (χ3n) is 4.03. The third kappa shape index (κ3) is 2.57. The summed E-state index contributed by atoms with van der Waals surface area (Å²) in [6.07, 6.45) is 1.48. The fourth-order valence-corrected chi connectivity index (χ4v) is 2.80. The van der Waals surface area contributed by atoms with Crippen molar-refractivity contribution in [2.75, 3.05) is 13.7 Å². The number of benzene rings is 1. The molecular formula is C17H13F2N5O2. The van der Waals surface area contributed by atoms with Gasteiger partial charge in [0.15, 0.2) is 17.4 Å². The summed E-state index contributed by atoms with van der Waals surface area (Å²) in [5.74, 6) is -2.44. The Morgan fingerprint density at radius 2 is 2.08 bits per heavy atom. The fourth-order valence-electron chi connectivity index (χ4n) is 2.80. The number of carbonyl (C=O) groups excluding carboxylic acids is 1. The highest BCUT2D eigenvalue weighted by molar-refractivity contribution is 5.94. The molecule has 132 valence electrons. The second-order valence-electron chi connectivity index (χ2n) is 5.60. The van der Waals surface area contributed by atoms with Crippen molar-refractivity contribution in [3.63, 3.8) is 0 Å². The first kappa shape index (κ1) is 16.1. The molecule has 1 aliphatic heterocycles. The minimum absolute atomic E-state index is 0.161. The first-order valence-corrected chi connectivity index (χ1v) is 7.80. The van der Waals surface area contributed by atoms with Gasteiger partial charge in [-0.3, -0.25) is 9.48 Å². The van der Waals surface area contributed by atoms with Crippen LogP contribution in [0.25, 0.3) is 22.8 Å². The normalized spacial score (nSPS) is 13.3. The number of amides is 1. The first-order chi connectivity index (χ1) is 12.6. The zero-order chi connectivity index (χ0) is 18.3. The van der Waals surface area contributed by atoms with Crippen LogP contribution >= 0.6 is 0 Å². The Kier molecular flexibility index (Phi) is 3.83. The Morgan fingerprint density at radius 1 is 1.23 bits per heavy atom. The zero-order valence-corrected chi connectivity index (χ0v) is 13.7. The Hall–Kier alpha value is -3.36. The number of rotatable bonds is 3. The minimum atomic E-state index is -1.10. The van der Waals surface area contributed by atoms with Crippen LogP contribution < -0.4 is 10.1 Å². The summed E-state index contributed by atoms with van der Waals surface area (Å²) in [5.41, 5.74) is 1.60. The van der Waals surface area contributed by atoms with E-state index in [1.54, 1.807) is 16.8 Å². The van der Waals surface area contributed by atoms with E-state index in [0.717, 1.165) is 6.07 Å². The van der Waals surface area contributed by atoms with Crippen molar-refractivity contribution in [1.29, 1.82) is 0 Å². The fraction of sp³-hybridized carbons (Fsp3) is 0.176. The lowest BCUT2D eigenvalue weighted by molar-refractivity contribution is 0.0924. The highest BCUT2D eigenvalue weighted by Crippen LogP contribution is 2.32. The van der Waals surface area contributed by atoms with Crippen LogP contribution in [-0.4, -0.2) is 39.3 Å². The number of nitrogens with zero attached hydrogens (tertiary/aromatic N) is 4.